The molecule has 0 unspecified atom stereocenters. The molecule has 1 aromatic heterocycles. The van der Waals surface area contributed by atoms with Crippen molar-refractivity contribution in [3.63, 3.8) is 0 Å². The number of aliphatic hydroxyl groups excluding tert-OH is 6. The maximum absolute atomic E-state index is 16.2. The molecule has 0 spiro atoms. The Kier molecular flexibility index (Phi) is 28.1. The predicted molar refractivity (Wildman–Crippen MR) is 428 cm³/mol. The van der Waals surface area contributed by atoms with Gasteiger partial charge in [-0.1, -0.05) is 72.9 Å². The van der Waals surface area contributed by atoms with Gasteiger partial charge in [0.05, 0.1) is 52.8 Å². The van der Waals surface area contributed by atoms with Crippen molar-refractivity contribution in [3.8, 4) is 57.1 Å². The molecule has 7 aliphatic heterocycles. The molecule has 9 amide bonds. The van der Waals surface area contributed by atoms with Crippen LogP contribution in [0.15, 0.2) is 114 Å². The van der Waals surface area contributed by atoms with Gasteiger partial charge in [-0.25, -0.2) is 14.7 Å². The Morgan fingerprint density at radius 2 is 1.37 bits per heavy atom. The number of phenols is 3. The van der Waals surface area contributed by atoms with Crippen LogP contribution in [0.25, 0.3) is 11.1 Å². The summed E-state index contributed by atoms with van der Waals surface area (Å²) >= 11 is 20.1. The fraction of sp³-hybridized carbons (Fsp3) is 0.388. The molecular formula is C80H87Cl3FN13O26. The molecule has 123 heavy (non-hydrogen) atoms. The number of fused-ring (bicyclic) bond motifs is 15. The van der Waals surface area contributed by atoms with E-state index in [2.05, 4.69) is 52.8 Å². The summed E-state index contributed by atoms with van der Waals surface area (Å²) in [4.78, 5) is 149. The van der Waals surface area contributed by atoms with Gasteiger partial charge < -0.3 is 128 Å². The molecular weight excluding hydrogens is 1680 g/mol. The number of amides is 9. The first-order valence-corrected chi connectivity index (χ1v) is 39.4. The lowest BCUT2D eigenvalue weighted by Gasteiger charge is -2.48. The minimum Gasteiger partial charge on any atom is -0.508 e. The number of carbonyl (C=O) groups excluding carboxylic acids is 9. The number of likely N-dealkylation sites (N-methyl/N-ethyl adjacent to an activating group) is 1. The smallest absolute Gasteiger partial charge is 0.349 e. The number of ether oxygens (including phenoxy) is 6. The van der Waals surface area contributed by atoms with E-state index in [1.54, 1.807) is 20.8 Å². The second kappa shape index (κ2) is 38.1. The Morgan fingerprint density at radius 3 is 2.00 bits per heavy atom. The molecule has 7 aromatic rings. The van der Waals surface area contributed by atoms with Gasteiger partial charge in [0, 0.05) is 48.4 Å². The Morgan fingerprint density at radius 1 is 0.724 bits per heavy atom. The van der Waals surface area contributed by atoms with E-state index in [1.807, 2.05) is 0 Å². The van der Waals surface area contributed by atoms with Crippen molar-refractivity contribution in [2.45, 2.75) is 169 Å². The van der Waals surface area contributed by atoms with Crippen LogP contribution in [0.5, 0.6) is 46.0 Å². The normalized spacial score (nSPS) is 26.2. The van der Waals surface area contributed by atoms with Gasteiger partial charge in [-0.05, 0) is 139 Å². The number of hydroxylamine groups is 1. The zero-order valence-corrected chi connectivity index (χ0v) is 68.0. The third-order valence-electron chi connectivity index (χ3n) is 21.2. The second-order valence-electron chi connectivity index (χ2n) is 30.5. The third-order valence-corrected chi connectivity index (χ3v) is 22.1. The van der Waals surface area contributed by atoms with Crippen molar-refractivity contribution in [3.05, 3.63) is 174 Å². The van der Waals surface area contributed by atoms with E-state index in [-0.39, 0.29) is 65.8 Å². The standard InChI is InChI=1S/C80H87Cl3FN13O26/c1-31(2)18-45(86-5)71(109)94-62-64(104)35-8-12-49(42(82)22-35)119-51-24-37-25-52(68(51)123-78-69(67(107)66(106)53(30-98)121-78)122-57-29-80(4,70(108)32(3)118-57)87-15-17-97-16-14-55(90-79(97)116)89-56(103)20-33-6-10-41(81)44(84)19-33)120-50-13-9-36(23-43(50)83)65(105)63-76(114)93-61(77(115)96-117)40-26-38(99)27-48(101)58(40)39-21-34(7-11-47(39)100)59(73(111)95-63)92-74(112)60(37)91-72(110)46(28-54(85)102)88-75(62)113/h6-14,16,19,21-27,31-32,45-46,53,57,59-67,69-70,78,86-87,98-101,104-108,117H,15,17-18,20,28-30H2,1-5H3,(H2,85,102)(H,88,113)(H,91,110)(H,92,112)(H,93,114)(H,94,109)(H,95,111)(H,96,115)(H,89,90,103,116)/t32-,45+,46-,53+,57-,59+,60+,61+,62+,63-,64+,65+,66+,67-,69+,70+,78-,80-/m0/s1. The number of hydrogen-bond acceptors (Lipinski definition) is 29. The summed E-state index contributed by atoms with van der Waals surface area (Å²) in [6.45, 7) is 5.46. The number of primary amides is 1. The van der Waals surface area contributed by atoms with E-state index in [4.69, 9.17) is 69.0 Å². The Bertz CT molecular complexity index is 5330. The number of benzene rings is 6. The van der Waals surface area contributed by atoms with E-state index in [0.717, 1.165) is 78.9 Å². The molecule has 0 radical (unpaired) electrons. The van der Waals surface area contributed by atoms with Crippen LogP contribution in [0.4, 0.5) is 10.2 Å². The number of halogens is 4. The summed E-state index contributed by atoms with van der Waals surface area (Å²) in [6.07, 6.45) is -18.7. The molecule has 22 N–H and O–H groups in total. The largest absolute Gasteiger partial charge is 0.508 e. The third kappa shape index (κ3) is 20.3. The molecule has 0 saturated carbocycles. The zero-order chi connectivity index (χ0) is 89.1. The van der Waals surface area contributed by atoms with Crippen LogP contribution in [0.3, 0.4) is 0 Å². The minimum absolute atomic E-state index is 0.0662. The number of aliphatic hydroxyl groups is 6. The summed E-state index contributed by atoms with van der Waals surface area (Å²) in [5, 5.41) is 138. The van der Waals surface area contributed by atoms with Crippen LogP contribution in [0, 0.1) is 11.7 Å². The predicted octanol–water partition coefficient (Wildman–Crippen LogP) is 1.39. The number of nitrogens with zero attached hydrogens (tertiary/aromatic N) is 2. The van der Waals surface area contributed by atoms with Crippen LogP contribution in [-0.4, -0.2) is 213 Å². The molecule has 43 heteroatoms. The van der Waals surface area contributed by atoms with E-state index >= 15 is 19.2 Å². The topological polar surface area (TPSA) is 593 Å². The van der Waals surface area contributed by atoms with Crippen LogP contribution in [-0.2, 0) is 70.3 Å². The van der Waals surface area contributed by atoms with Gasteiger partial charge in [-0.2, -0.15) is 4.98 Å². The lowest BCUT2D eigenvalue weighted by atomic mass is 9.85. The molecule has 7 aliphatic rings. The SMILES string of the molecule is CN[C@H](CC(C)C)C(=O)N[C@H]1C(=O)N[C@@H](CC(N)=O)C(=O)N[C@H]2C(=O)N[C@H]3C(=O)N[C@H](C(=O)N[C@@H](C(=O)NO)c4cc(O)cc(O)c4-c4cc3ccc4O)[C@H](O)c3ccc(c(Cl)c3)Oc3cc2cc(c3O[C@@H]2O[C@H](CO)[C@@H](O)[C@H](O)[C@H]2O[C@H]2C[C@](C)(NCCn3ccc(NC(=O)Cc4ccc(Cl)c(F)c4)nc3=O)[C@H](O)[C@H](C)O2)Oc2ccc(cc2Cl)[C@H]1O. The number of nitrogens with two attached hydrogens (primary N) is 1. The van der Waals surface area contributed by atoms with Gasteiger partial charge in [0.15, 0.2) is 23.9 Å². The zero-order valence-electron chi connectivity index (χ0n) is 65.7. The molecule has 656 valence electrons. The first-order chi connectivity index (χ1) is 58.3. The quantitative estimate of drug-likeness (QED) is 0.0379. The summed E-state index contributed by atoms with van der Waals surface area (Å²) in [7, 11) is 1.46. The summed E-state index contributed by atoms with van der Waals surface area (Å²) in [5.41, 5.74) is 2.24. The first kappa shape index (κ1) is 90.8. The number of phenolic OH excluding ortho intramolecular Hbond substituents is 3. The van der Waals surface area contributed by atoms with E-state index in [1.165, 1.54) is 54.5 Å². The highest BCUT2D eigenvalue weighted by atomic mass is 35.5. The molecule has 8 heterocycles. The van der Waals surface area contributed by atoms with Crippen molar-refractivity contribution >= 4 is 93.8 Å². The van der Waals surface area contributed by atoms with Crippen molar-refractivity contribution in [1.29, 1.82) is 0 Å². The Labute approximate surface area is 712 Å². The molecule has 18 atom stereocenters. The van der Waals surface area contributed by atoms with Crippen molar-refractivity contribution in [2.24, 2.45) is 11.7 Å². The molecule has 39 nitrogen and oxygen atoms in total. The number of aromatic hydroxyl groups is 3. The van der Waals surface area contributed by atoms with E-state index < -0.39 is 265 Å². The number of nitrogens with one attached hydrogen (secondary N) is 10. The summed E-state index contributed by atoms with van der Waals surface area (Å²) < 4.78 is 54.6. The number of aromatic nitrogens is 2. The van der Waals surface area contributed by atoms with Crippen molar-refractivity contribution in [1.82, 2.24) is 57.6 Å². The summed E-state index contributed by atoms with van der Waals surface area (Å²) in [6, 6.07) is 4.09. The highest BCUT2D eigenvalue weighted by Crippen LogP contribution is 2.50. The van der Waals surface area contributed by atoms with Crippen LogP contribution in [0.2, 0.25) is 15.1 Å². The van der Waals surface area contributed by atoms with E-state index in [0.29, 0.717) is 5.56 Å². The average molecular weight is 1770 g/mol. The van der Waals surface area contributed by atoms with E-state index in [9.17, 15) is 84.3 Å². The van der Waals surface area contributed by atoms with Gasteiger partial charge in [-0.3, -0.25) is 52.9 Å². The second-order valence-corrected chi connectivity index (χ2v) is 31.7. The van der Waals surface area contributed by atoms with Gasteiger partial charge in [-0.15, -0.1) is 0 Å². The molecule has 6 aromatic carbocycles. The van der Waals surface area contributed by atoms with Crippen LogP contribution in [0.1, 0.15) is 111 Å². The number of anilines is 1. The lowest BCUT2D eigenvalue weighted by Crippen LogP contribution is -2.65. The van der Waals surface area contributed by atoms with Gasteiger partial charge in [0.1, 0.15) is 107 Å². The first-order valence-electron chi connectivity index (χ1n) is 38.3. The molecule has 11 bridgehead atoms. The fourth-order valence-corrected chi connectivity index (χ4v) is 15.4. The van der Waals surface area contributed by atoms with Gasteiger partial charge in [0.2, 0.25) is 59.3 Å². The Balaban J connectivity index is 0.995. The number of rotatable bonds is 20. The maximum Gasteiger partial charge on any atom is 0.349 e. The van der Waals surface area contributed by atoms with Gasteiger partial charge in [0.25, 0.3) is 5.91 Å². The highest BCUT2D eigenvalue weighted by Gasteiger charge is 2.52. The fourth-order valence-electron chi connectivity index (χ4n) is 14.9. The van der Waals surface area contributed by atoms with Crippen LogP contribution >= 0.6 is 34.8 Å². The average Bonchev–Trinajstić information content (AvgIpc) is 0.757. The molecule has 14 rings (SSSR count). The monoisotopic (exact) mass is 1770 g/mol. The van der Waals surface area contributed by atoms with Crippen molar-refractivity contribution in [2.75, 3.05) is 25.5 Å². The maximum atomic E-state index is 16.2. The van der Waals surface area contributed by atoms with Crippen LogP contribution < -0.4 is 79.0 Å². The van der Waals surface area contributed by atoms with Crippen molar-refractivity contribution < 1.29 is 127 Å². The molecule has 2 fully saturated rings. The number of carbonyl (C=O) groups is 9. The molecule has 2 saturated heterocycles. The number of hydrogen-bond donors (Lipinski definition) is 21. The van der Waals surface area contributed by atoms with Gasteiger partial charge >= 0.3 is 5.69 Å². The molecule has 0 aliphatic carbocycles. The Hall–Kier alpha value is -11.5. The summed E-state index contributed by atoms with van der Waals surface area (Å²) in [5.74, 6) is -17.6. The highest BCUT2D eigenvalue weighted by molar-refractivity contribution is 6.32. The minimum atomic E-state index is -2.41. The lowest BCUT2D eigenvalue weighted by molar-refractivity contribution is -0.334.